The molecule has 0 aliphatic carbocycles. The van der Waals surface area contributed by atoms with Crippen LogP contribution >= 0.6 is 23.1 Å². The average molecular weight is 361 g/mol. The standard InChI is InChI=1S/C17H16FN3OS2/c1-2-19-14(22)7-8-23-16-15-13(9-24-17(15)21-10-20-16)11-3-5-12(18)6-4-11/h3-6,9-10H,2,7-8H2,1H3,(H,19,22). The number of aromatic nitrogens is 2. The summed E-state index contributed by atoms with van der Waals surface area (Å²) in [7, 11) is 0. The Kier molecular flexibility index (Phi) is 5.42. The first kappa shape index (κ1) is 16.9. The van der Waals surface area contributed by atoms with Gasteiger partial charge in [-0.05, 0) is 24.6 Å². The highest BCUT2D eigenvalue weighted by Crippen LogP contribution is 2.37. The molecule has 3 aromatic rings. The Morgan fingerprint density at radius 1 is 1.29 bits per heavy atom. The molecule has 0 spiro atoms. The summed E-state index contributed by atoms with van der Waals surface area (Å²) in [5.41, 5.74) is 1.93. The van der Waals surface area contributed by atoms with Crippen LogP contribution in [0.2, 0.25) is 0 Å². The lowest BCUT2D eigenvalue weighted by atomic mass is 10.1. The van der Waals surface area contributed by atoms with Gasteiger partial charge in [0.05, 0.1) is 5.39 Å². The van der Waals surface area contributed by atoms with E-state index in [-0.39, 0.29) is 11.7 Å². The predicted molar refractivity (Wildman–Crippen MR) is 96.8 cm³/mol. The molecule has 1 aromatic carbocycles. The van der Waals surface area contributed by atoms with Gasteiger partial charge in [-0.25, -0.2) is 14.4 Å². The second-order valence-corrected chi connectivity index (χ2v) is 7.01. The van der Waals surface area contributed by atoms with E-state index in [1.165, 1.54) is 23.5 Å². The first-order chi connectivity index (χ1) is 11.7. The highest BCUT2D eigenvalue weighted by Gasteiger charge is 2.14. The molecule has 0 unspecified atom stereocenters. The Morgan fingerprint density at radius 2 is 2.08 bits per heavy atom. The van der Waals surface area contributed by atoms with Crippen LogP contribution in [0.15, 0.2) is 41.0 Å². The second kappa shape index (κ2) is 7.72. The van der Waals surface area contributed by atoms with E-state index in [4.69, 9.17) is 0 Å². The van der Waals surface area contributed by atoms with Crippen molar-refractivity contribution in [2.24, 2.45) is 0 Å². The molecule has 0 aliphatic heterocycles. The van der Waals surface area contributed by atoms with Gasteiger partial charge in [-0.3, -0.25) is 4.79 Å². The van der Waals surface area contributed by atoms with Crippen LogP contribution in [0.5, 0.6) is 0 Å². The van der Waals surface area contributed by atoms with Crippen molar-refractivity contribution in [3.63, 3.8) is 0 Å². The van der Waals surface area contributed by atoms with E-state index in [1.807, 2.05) is 12.3 Å². The average Bonchev–Trinajstić information content (AvgIpc) is 3.01. The van der Waals surface area contributed by atoms with Crippen LogP contribution in [-0.2, 0) is 4.79 Å². The third-order valence-electron chi connectivity index (χ3n) is 3.43. The number of nitrogens with zero attached hydrogens (tertiary/aromatic N) is 2. The van der Waals surface area contributed by atoms with E-state index in [0.29, 0.717) is 18.7 Å². The SMILES string of the molecule is CCNC(=O)CCSc1ncnc2scc(-c3ccc(F)cc3)c12. The molecule has 1 N–H and O–H groups in total. The zero-order valence-electron chi connectivity index (χ0n) is 13.1. The number of nitrogens with one attached hydrogen (secondary N) is 1. The zero-order valence-corrected chi connectivity index (χ0v) is 14.7. The smallest absolute Gasteiger partial charge is 0.220 e. The topological polar surface area (TPSA) is 54.9 Å². The van der Waals surface area contributed by atoms with Crippen LogP contribution in [-0.4, -0.2) is 28.2 Å². The number of rotatable bonds is 6. The number of hydrogen-bond donors (Lipinski definition) is 1. The molecule has 0 bridgehead atoms. The van der Waals surface area contributed by atoms with Crippen molar-refractivity contribution < 1.29 is 9.18 Å². The monoisotopic (exact) mass is 361 g/mol. The van der Waals surface area contributed by atoms with Crippen LogP contribution in [0.4, 0.5) is 4.39 Å². The molecule has 24 heavy (non-hydrogen) atoms. The first-order valence-electron chi connectivity index (χ1n) is 7.56. The minimum Gasteiger partial charge on any atom is -0.356 e. The Labute approximate surface area is 147 Å². The minimum atomic E-state index is -0.258. The largest absolute Gasteiger partial charge is 0.356 e. The summed E-state index contributed by atoms with van der Waals surface area (Å²) in [6, 6.07) is 6.41. The lowest BCUT2D eigenvalue weighted by molar-refractivity contribution is -0.120. The molecule has 124 valence electrons. The molecule has 0 atom stereocenters. The highest BCUT2D eigenvalue weighted by molar-refractivity contribution is 7.99. The molecule has 4 nitrogen and oxygen atoms in total. The molecular formula is C17H16FN3OS2. The number of amides is 1. The van der Waals surface area contributed by atoms with E-state index >= 15 is 0 Å². The summed E-state index contributed by atoms with van der Waals surface area (Å²) in [5, 5.41) is 6.62. The maximum atomic E-state index is 13.2. The highest BCUT2D eigenvalue weighted by atomic mass is 32.2. The lowest BCUT2D eigenvalue weighted by Crippen LogP contribution is -2.22. The van der Waals surface area contributed by atoms with E-state index < -0.39 is 0 Å². The quantitative estimate of drug-likeness (QED) is 0.530. The van der Waals surface area contributed by atoms with Gasteiger partial charge in [-0.15, -0.1) is 23.1 Å². The van der Waals surface area contributed by atoms with Gasteiger partial charge < -0.3 is 5.32 Å². The van der Waals surface area contributed by atoms with Crippen LogP contribution in [0, 0.1) is 5.82 Å². The number of halogens is 1. The summed E-state index contributed by atoms with van der Waals surface area (Å²) >= 11 is 3.08. The zero-order chi connectivity index (χ0) is 16.9. The third kappa shape index (κ3) is 3.73. The Bertz CT molecular complexity index is 849. The number of thioether (sulfide) groups is 1. The first-order valence-corrected chi connectivity index (χ1v) is 9.43. The molecule has 3 rings (SSSR count). The molecule has 2 aromatic heterocycles. The summed E-state index contributed by atoms with van der Waals surface area (Å²) in [4.78, 5) is 21.2. The summed E-state index contributed by atoms with van der Waals surface area (Å²) in [5.74, 6) is 0.432. The fraction of sp³-hybridized carbons (Fsp3) is 0.235. The van der Waals surface area contributed by atoms with Gasteiger partial charge in [0.2, 0.25) is 5.91 Å². The van der Waals surface area contributed by atoms with Crippen LogP contribution in [0.25, 0.3) is 21.3 Å². The van der Waals surface area contributed by atoms with E-state index in [1.54, 1.807) is 30.2 Å². The van der Waals surface area contributed by atoms with Crippen molar-refractivity contribution in [1.29, 1.82) is 0 Å². The van der Waals surface area contributed by atoms with Crippen molar-refractivity contribution in [2.45, 2.75) is 18.4 Å². The molecule has 0 saturated heterocycles. The molecule has 7 heteroatoms. The number of carbonyl (C=O) groups excluding carboxylic acids is 1. The number of carbonyl (C=O) groups is 1. The van der Waals surface area contributed by atoms with Crippen LogP contribution in [0.3, 0.4) is 0 Å². The van der Waals surface area contributed by atoms with Gasteiger partial charge in [0, 0.05) is 29.7 Å². The molecule has 0 radical (unpaired) electrons. The number of benzene rings is 1. The summed E-state index contributed by atoms with van der Waals surface area (Å²) in [6.45, 7) is 2.54. The van der Waals surface area contributed by atoms with Crippen molar-refractivity contribution in [3.8, 4) is 11.1 Å². The number of hydrogen-bond acceptors (Lipinski definition) is 5. The Morgan fingerprint density at radius 3 is 2.83 bits per heavy atom. The molecular weight excluding hydrogens is 345 g/mol. The molecule has 0 aliphatic rings. The van der Waals surface area contributed by atoms with Gasteiger partial charge >= 0.3 is 0 Å². The van der Waals surface area contributed by atoms with Crippen LogP contribution in [0.1, 0.15) is 13.3 Å². The molecule has 0 fully saturated rings. The van der Waals surface area contributed by atoms with Crippen molar-refractivity contribution in [3.05, 3.63) is 41.8 Å². The fourth-order valence-electron chi connectivity index (χ4n) is 2.32. The van der Waals surface area contributed by atoms with Crippen molar-refractivity contribution >= 4 is 39.2 Å². The Hall–Kier alpha value is -1.99. The van der Waals surface area contributed by atoms with Gasteiger partial charge in [-0.1, -0.05) is 12.1 Å². The summed E-state index contributed by atoms with van der Waals surface area (Å²) in [6.07, 6.45) is 1.99. The predicted octanol–water partition coefficient (Wildman–Crippen LogP) is 4.12. The number of thiophene rings is 1. The minimum absolute atomic E-state index is 0.0411. The fourth-order valence-corrected chi connectivity index (χ4v) is 4.26. The maximum Gasteiger partial charge on any atom is 0.220 e. The normalized spacial score (nSPS) is 10.9. The second-order valence-electron chi connectivity index (χ2n) is 5.07. The molecule has 0 saturated carbocycles. The van der Waals surface area contributed by atoms with E-state index in [9.17, 15) is 9.18 Å². The van der Waals surface area contributed by atoms with Crippen molar-refractivity contribution in [1.82, 2.24) is 15.3 Å². The van der Waals surface area contributed by atoms with Gasteiger partial charge in [0.25, 0.3) is 0 Å². The Balaban J connectivity index is 1.87. The maximum absolute atomic E-state index is 13.2. The van der Waals surface area contributed by atoms with E-state index in [0.717, 1.165) is 26.4 Å². The summed E-state index contributed by atoms with van der Waals surface area (Å²) < 4.78 is 13.2. The van der Waals surface area contributed by atoms with Gasteiger partial charge in [-0.2, -0.15) is 0 Å². The van der Waals surface area contributed by atoms with Gasteiger partial charge in [0.1, 0.15) is 22.0 Å². The van der Waals surface area contributed by atoms with Gasteiger partial charge in [0.15, 0.2) is 0 Å². The number of fused-ring (bicyclic) bond motifs is 1. The van der Waals surface area contributed by atoms with Crippen LogP contribution < -0.4 is 5.32 Å². The third-order valence-corrected chi connectivity index (χ3v) is 5.31. The molecule has 2 heterocycles. The van der Waals surface area contributed by atoms with Crippen molar-refractivity contribution in [2.75, 3.05) is 12.3 Å². The molecule has 1 amide bonds. The van der Waals surface area contributed by atoms with E-state index in [2.05, 4.69) is 15.3 Å². The lowest BCUT2D eigenvalue weighted by Gasteiger charge is -2.05.